The Morgan fingerprint density at radius 3 is 2.89 bits per heavy atom. The Hall–Kier alpha value is -0.580. The van der Waals surface area contributed by atoms with Crippen LogP contribution in [0.25, 0.3) is 0 Å². The van der Waals surface area contributed by atoms with Crippen molar-refractivity contribution >= 4 is 15.9 Å². The van der Waals surface area contributed by atoms with Crippen molar-refractivity contribution < 1.29 is 9.84 Å². The van der Waals surface area contributed by atoms with Gasteiger partial charge in [-0.25, -0.2) is 0 Å². The summed E-state index contributed by atoms with van der Waals surface area (Å²) in [7, 11) is 0. The molecule has 19 heavy (non-hydrogen) atoms. The molecule has 104 valence electrons. The first-order valence-electron chi connectivity index (χ1n) is 7.13. The Morgan fingerprint density at radius 2 is 2.11 bits per heavy atom. The summed E-state index contributed by atoms with van der Waals surface area (Å²) in [6.45, 7) is 2.40. The van der Waals surface area contributed by atoms with Gasteiger partial charge in [0.25, 0.3) is 0 Å². The number of phenols is 1. The number of ether oxygens (including phenoxy) is 1. The van der Waals surface area contributed by atoms with Gasteiger partial charge in [0, 0.05) is 18.7 Å². The summed E-state index contributed by atoms with van der Waals surface area (Å²) in [5, 5.41) is 13.8. The van der Waals surface area contributed by atoms with Crippen LogP contribution in [0.5, 0.6) is 5.75 Å². The van der Waals surface area contributed by atoms with Gasteiger partial charge in [0.05, 0.1) is 17.2 Å². The molecule has 1 fully saturated rings. The van der Waals surface area contributed by atoms with Crippen LogP contribution in [-0.2, 0) is 17.6 Å². The molecule has 0 amide bonds. The summed E-state index contributed by atoms with van der Waals surface area (Å²) in [4.78, 5) is 0. The van der Waals surface area contributed by atoms with E-state index in [0.29, 0.717) is 12.4 Å². The molecule has 3 nitrogen and oxygen atoms in total. The summed E-state index contributed by atoms with van der Waals surface area (Å²) < 4.78 is 6.67. The number of morpholine rings is 1. The molecular weight excluding hydrogens is 306 g/mol. The fourth-order valence-corrected chi connectivity index (χ4v) is 3.65. The molecule has 0 spiro atoms. The van der Waals surface area contributed by atoms with Gasteiger partial charge in [-0.05, 0) is 58.8 Å². The first-order valence-corrected chi connectivity index (χ1v) is 7.92. The van der Waals surface area contributed by atoms with E-state index < -0.39 is 0 Å². The van der Waals surface area contributed by atoms with E-state index in [-0.39, 0.29) is 6.10 Å². The van der Waals surface area contributed by atoms with Crippen LogP contribution in [0.3, 0.4) is 0 Å². The van der Waals surface area contributed by atoms with Gasteiger partial charge < -0.3 is 15.2 Å². The summed E-state index contributed by atoms with van der Waals surface area (Å²) in [5.41, 5.74) is 3.72. The van der Waals surface area contributed by atoms with Crippen molar-refractivity contribution in [3.05, 3.63) is 27.2 Å². The Balaban J connectivity index is 2.07. The van der Waals surface area contributed by atoms with Crippen LogP contribution in [0, 0.1) is 0 Å². The Kier molecular flexibility index (Phi) is 4.10. The minimum atomic E-state index is -0.0156. The van der Waals surface area contributed by atoms with Crippen LogP contribution < -0.4 is 5.32 Å². The van der Waals surface area contributed by atoms with Crippen molar-refractivity contribution in [3.8, 4) is 5.75 Å². The number of fused-ring (bicyclic) bond motifs is 1. The highest BCUT2D eigenvalue weighted by Gasteiger charge is 2.26. The van der Waals surface area contributed by atoms with Crippen LogP contribution in [0.1, 0.15) is 42.1 Å². The molecule has 3 rings (SSSR count). The van der Waals surface area contributed by atoms with Crippen LogP contribution in [-0.4, -0.2) is 24.8 Å². The Labute approximate surface area is 122 Å². The van der Waals surface area contributed by atoms with E-state index >= 15 is 0 Å². The number of hydrogen-bond acceptors (Lipinski definition) is 3. The molecule has 1 unspecified atom stereocenters. The van der Waals surface area contributed by atoms with E-state index in [1.165, 1.54) is 30.4 Å². The third kappa shape index (κ3) is 2.67. The molecule has 1 saturated heterocycles. The Bertz CT molecular complexity index is 470. The lowest BCUT2D eigenvalue weighted by molar-refractivity contribution is 0.0256. The number of rotatable bonds is 1. The van der Waals surface area contributed by atoms with Crippen molar-refractivity contribution in [2.24, 2.45) is 0 Å². The van der Waals surface area contributed by atoms with Crippen molar-refractivity contribution in [2.45, 2.75) is 38.2 Å². The molecule has 1 aliphatic heterocycles. The van der Waals surface area contributed by atoms with Crippen molar-refractivity contribution in [2.75, 3.05) is 19.7 Å². The average molecular weight is 326 g/mol. The van der Waals surface area contributed by atoms with Crippen LogP contribution in [0.4, 0.5) is 0 Å². The minimum Gasteiger partial charge on any atom is -0.506 e. The smallest absolute Gasteiger partial charge is 0.135 e. The average Bonchev–Trinajstić information content (AvgIpc) is 2.66. The summed E-state index contributed by atoms with van der Waals surface area (Å²) >= 11 is 3.49. The molecule has 0 bridgehead atoms. The van der Waals surface area contributed by atoms with Gasteiger partial charge in [0.15, 0.2) is 0 Å². The van der Waals surface area contributed by atoms with Gasteiger partial charge in [-0.1, -0.05) is 6.42 Å². The SMILES string of the molecule is Oc1c(Br)cc2c(c1C1CNCCO1)CCCCC2. The molecular formula is C15H20BrNO2. The second kappa shape index (κ2) is 5.81. The van der Waals surface area contributed by atoms with Crippen LogP contribution >= 0.6 is 15.9 Å². The molecule has 0 radical (unpaired) electrons. The third-order valence-corrected chi connectivity index (χ3v) is 4.72. The maximum Gasteiger partial charge on any atom is 0.135 e. The maximum absolute atomic E-state index is 10.4. The van der Waals surface area contributed by atoms with Gasteiger partial charge in [0.2, 0.25) is 0 Å². The highest BCUT2D eigenvalue weighted by Crippen LogP contribution is 2.40. The lowest BCUT2D eigenvalue weighted by Gasteiger charge is -2.28. The lowest BCUT2D eigenvalue weighted by Crippen LogP contribution is -2.34. The van der Waals surface area contributed by atoms with Crippen molar-refractivity contribution in [1.82, 2.24) is 5.32 Å². The maximum atomic E-state index is 10.4. The molecule has 2 N–H and O–H groups in total. The number of hydrogen-bond donors (Lipinski definition) is 2. The number of aromatic hydroxyl groups is 1. The minimum absolute atomic E-state index is 0.0156. The lowest BCUT2D eigenvalue weighted by atomic mass is 9.92. The molecule has 1 heterocycles. The van der Waals surface area contributed by atoms with Crippen molar-refractivity contribution in [3.63, 3.8) is 0 Å². The molecule has 1 atom stereocenters. The molecule has 2 aliphatic rings. The molecule has 0 saturated carbocycles. The van der Waals surface area contributed by atoms with Gasteiger partial charge >= 0.3 is 0 Å². The predicted molar refractivity (Wildman–Crippen MR) is 78.6 cm³/mol. The highest BCUT2D eigenvalue weighted by atomic mass is 79.9. The zero-order chi connectivity index (χ0) is 13.2. The number of halogens is 1. The quantitative estimate of drug-likeness (QED) is 0.780. The first kappa shape index (κ1) is 13.4. The molecule has 1 aromatic rings. The van der Waals surface area contributed by atoms with E-state index in [9.17, 15) is 5.11 Å². The number of phenolic OH excluding ortho intramolecular Hbond substituents is 1. The fraction of sp³-hybridized carbons (Fsp3) is 0.600. The summed E-state index contributed by atoms with van der Waals surface area (Å²) in [6, 6.07) is 2.09. The van der Waals surface area contributed by atoms with E-state index in [1.807, 2.05) is 0 Å². The number of aryl methyl sites for hydroxylation is 1. The zero-order valence-electron chi connectivity index (χ0n) is 11.0. The van der Waals surface area contributed by atoms with Gasteiger partial charge in [-0.15, -0.1) is 0 Å². The van der Waals surface area contributed by atoms with Crippen LogP contribution in [0.15, 0.2) is 10.5 Å². The van der Waals surface area contributed by atoms with Crippen LogP contribution in [0.2, 0.25) is 0 Å². The van der Waals surface area contributed by atoms with Gasteiger partial charge in [-0.3, -0.25) is 0 Å². The number of benzene rings is 1. The number of nitrogens with one attached hydrogen (secondary N) is 1. The third-order valence-electron chi connectivity index (χ3n) is 4.12. The van der Waals surface area contributed by atoms with E-state index in [0.717, 1.165) is 36.0 Å². The van der Waals surface area contributed by atoms with E-state index in [1.54, 1.807) is 0 Å². The van der Waals surface area contributed by atoms with Gasteiger partial charge in [-0.2, -0.15) is 0 Å². The molecule has 0 aromatic heterocycles. The molecule has 1 aliphatic carbocycles. The van der Waals surface area contributed by atoms with Crippen molar-refractivity contribution in [1.29, 1.82) is 0 Å². The zero-order valence-corrected chi connectivity index (χ0v) is 12.6. The standard InChI is InChI=1S/C15H20BrNO2/c16-12-8-10-4-2-1-3-5-11(10)14(15(12)18)13-9-17-6-7-19-13/h8,13,17-18H,1-7,9H2. The Morgan fingerprint density at radius 1 is 1.26 bits per heavy atom. The molecule has 4 heteroatoms. The van der Waals surface area contributed by atoms with Gasteiger partial charge in [0.1, 0.15) is 5.75 Å². The summed E-state index contributed by atoms with van der Waals surface area (Å²) in [5.74, 6) is 0.370. The summed E-state index contributed by atoms with van der Waals surface area (Å²) in [6.07, 6.45) is 5.88. The topological polar surface area (TPSA) is 41.5 Å². The second-order valence-corrected chi connectivity index (χ2v) is 6.24. The monoisotopic (exact) mass is 325 g/mol. The van der Waals surface area contributed by atoms with E-state index in [2.05, 4.69) is 27.3 Å². The fourth-order valence-electron chi connectivity index (χ4n) is 3.16. The predicted octanol–water partition coefficient (Wildman–Crippen LogP) is 3.08. The van der Waals surface area contributed by atoms with E-state index in [4.69, 9.17) is 4.74 Å². The molecule has 1 aromatic carbocycles. The normalized spacial score (nSPS) is 23.7. The highest BCUT2D eigenvalue weighted by molar-refractivity contribution is 9.10. The first-order chi connectivity index (χ1) is 9.27. The largest absolute Gasteiger partial charge is 0.506 e. The second-order valence-electron chi connectivity index (χ2n) is 5.38.